The van der Waals surface area contributed by atoms with Crippen molar-refractivity contribution >= 4 is 17.4 Å². The summed E-state index contributed by atoms with van der Waals surface area (Å²) in [5, 5.41) is 5.67. The Balaban J connectivity index is 2.16. The zero-order valence-electron chi connectivity index (χ0n) is 10.3. The highest BCUT2D eigenvalue weighted by Gasteiger charge is 2.08. The first-order chi connectivity index (χ1) is 8.69. The summed E-state index contributed by atoms with van der Waals surface area (Å²) in [7, 11) is 1.79. The molecule has 0 aliphatic carbocycles. The van der Waals surface area contributed by atoms with Crippen molar-refractivity contribution in [1.82, 2.24) is 9.97 Å². The molecule has 2 rings (SSSR count). The van der Waals surface area contributed by atoms with E-state index in [1.165, 1.54) is 0 Å². The number of nitrogens with zero attached hydrogens (tertiary/aromatic N) is 2. The van der Waals surface area contributed by atoms with Gasteiger partial charge in [0, 0.05) is 25.1 Å². The van der Waals surface area contributed by atoms with Gasteiger partial charge in [-0.15, -0.1) is 0 Å². The van der Waals surface area contributed by atoms with Crippen LogP contribution in [-0.4, -0.2) is 22.9 Å². The molecule has 0 radical (unpaired) electrons. The van der Waals surface area contributed by atoms with Crippen molar-refractivity contribution < 1.29 is 4.79 Å². The second kappa shape index (κ2) is 5.27. The molecule has 2 heterocycles. The maximum Gasteiger partial charge on any atom is 0.275 e. The number of pyridine rings is 2. The zero-order valence-corrected chi connectivity index (χ0v) is 10.3. The highest BCUT2D eigenvalue weighted by molar-refractivity contribution is 6.02. The van der Waals surface area contributed by atoms with Crippen LogP contribution in [0.5, 0.6) is 0 Å². The summed E-state index contributed by atoms with van der Waals surface area (Å²) in [5.41, 5.74) is 2.23. The molecule has 1 amide bonds. The molecule has 0 aromatic carbocycles. The van der Waals surface area contributed by atoms with E-state index in [9.17, 15) is 4.79 Å². The first-order valence-electron chi connectivity index (χ1n) is 5.57. The van der Waals surface area contributed by atoms with Gasteiger partial charge in [-0.05, 0) is 36.8 Å². The third kappa shape index (κ3) is 2.82. The van der Waals surface area contributed by atoms with Crippen molar-refractivity contribution in [3.8, 4) is 0 Å². The molecule has 92 valence electrons. The standard InChI is InChI=1S/C13H14N4O/c1-9-3-5-16-12(7-9)17-13(18)11-8-10(14-2)4-6-15-11/h3-8H,1-2H3,(H,14,15)(H,16,17,18). The molecule has 0 unspecified atom stereocenters. The van der Waals surface area contributed by atoms with Crippen LogP contribution >= 0.6 is 0 Å². The average molecular weight is 242 g/mol. The molecule has 0 atom stereocenters. The van der Waals surface area contributed by atoms with E-state index in [0.29, 0.717) is 11.5 Å². The normalized spacial score (nSPS) is 9.89. The number of aryl methyl sites for hydroxylation is 1. The summed E-state index contributed by atoms with van der Waals surface area (Å²) in [5.74, 6) is 0.252. The van der Waals surface area contributed by atoms with Crippen LogP contribution in [0.25, 0.3) is 0 Å². The van der Waals surface area contributed by atoms with Crippen molar-refractivity contribution in [3.05, 3.63) is 47.9 Å². The van der Waals surface area contributed by atoms with Gasteiger partial charge in [0.1, 0.15) is 11.5 Å². The summed E-state index contributed by atoms with van der Waals surface area (Å²) < 4.78 is 0. The lowest BCUT2D eigenvalue weighted by Crippen LogP contribution is -2.14. The van der Waals surface area contributed by atoms with Crippen molar-refractivity contribution in [2.75, 3.05) is 17.7 Å². The van der Waals surface area contributed by atoms with E-state index in [1.54, 1.807) is 37.6 Å². The van der Waals surface area contributed by atoms with Crippen molar-refractivity contribution in [1.29, 1.82) is 0 Å². The van der Waals surface area contributed by atoms with Gasteiger partial charge in [-0.1, -0.05) is 0 Å². The maximum absolute atomic E-state index is 12.0. The predicted octanol–water partition coefficient (Wildman–Crippen LogP) is 2.08. The Hall–Kier alpha value is -2.43. The maximum atomic E-state index is 12.0. The second-order valence-electron chi connectivity index (χ2n) is 3.85. The number of aromatic nitrogens is 2. The molecule has 0 spiro atoms. The third-order valence-electron chi connectivity index (χ3n) is 2.44. The highest BCUT2D eigenvalue weighted by Crippen LogP contribution is 2.10. The number of carbonyl (C=O) groups excluding carboxylic acids is 1. The number of hydrogen-bond acceptors (Lipinski definition) is 4. The lowest BCUT2D eigenvalue weighted by molar-refractivity contribution is 0.102. The number of rotatable bonds is 3. The predicted molar refractivity (Wildman–Crippen MR) is 70.7 cm³/mol. The summed E-state index contributed by atoms with van der Waals surface area (Å²) in [4.78, 5) is 20.1. The third-order valence-corrected chi connectivity index (χ3v) is 2.44. The number of amides is 1. The van der Waals surface area contributed by atoms with Gasteiger partial charge in [-0.3, -0.25) is 9.78 Å². The van der Waals surface area contributed by atoms with E-state index in [2.05, 4.69) is 20.6 Å². The van der Waals surface area contributed by atoms with E-state index < -0.39 is 0 Å². The largest absolute Gasteiger partial charge is 0.388 e. The van der Waals surface area contributed by atoms with Crippen LogP contribution < -0.4 is 10.6 Å². The topological polar surface area (TPSA) is 66.9 Å². The van der Waals surface area contributed by atoms with Crippen molar-refractivity contribution in [2.24, 2.45) is 0 Å². The van der Waals surface area contributed by atoms with Crippen molar-refractivity contribution in [3.63, 3.8) is 0 Å². The monoisotopic (exact) mass is 242 g/mol. The highest BCUT2D eigenvalue weighted by atomic mass is 16.1. The Morgan fingerprint density at radius 2 is 1.94 bits per heavy atom. The lowest BCUT2D eigenvalue weighted by atomic mass is 10.3. The molecule has 0 bridgehead atoms. The molecular formula is C13H14N4O. The summed E-state index contributed by atoms with van der Waals surface area (Å²) >= 11 is 0. The van der Waals surface area contributed by atoms with E-state index in [0.717, 1.165) is 11.3 Å². The molecule has 0 fully saturated rings. The Bertz CT molecular complexity index is 568. The Kier molecular flexibility index (Phi) is 3.52. The molecule has 0 saturated heterocycles. The van der Waals surface area contributed by atoms with E-state index in [-0.39, 0.29) is 5.91 Å². The molecule has 0 aliphatic rings. The number of anilines is 2. The molecule has 2 aromatic heterocycles. The van der Waals surface area contributed by atoms with Gasteiger partial charge in [-0.2, -0.15) is 0 Å². The number of carbonyl (C=O) groups is 1. The fraction of sp³-hybridized carbons (Fsp3) is 0.154. The van der Waals surface area contributed by atoms with Crippen LogP contribution in [-0.2, 0) is 0 Å². The minimum Gasteiger partial charge on any atom is -0.388 e. The minimum absolute atomic E-state index is 0.273. The van der Waals surface area contributed by atoms with E-state index in [4.69, 9.17) is 0 Å². The second-order valence-corrected chi connectivity index (χ2v) is 3.85. The summed E-state index contributed by atoms with van der Waals surface area (Å²) in [6.45, 7) is 1.94. The lowest BCUT2D eigenvalue weighted by Gasteiger charge is -2.05. The smallest absolute Gasteiger partial charge is 0.275 e. The summed E-state index contributed by atoms with van der Waals surface area (Å²) in [6, 6.07) is 7.15. The Labute approximate surface area is 105 Å². The van der Waals surface area contributed by atoms with Gasteiger partial charge in [-0.25, -0.2) is 4.98 Å². The number of nitrogens with one attached hydrogen (secondary N) is 2. The number of hydrogen-bond donors (Lipinski definition) is 2. The van der Waals surface area contributed by atoms with Gasteiger partial charge in [0.05, 0.1) is 0 Å². The van der Waals surface area contributed by atoms with Gasteiger partial charge in [0.2, 0.25) is 0 Å². The molecule has 18 heavy (non-hydrogen) atoms. The van der Waals surface area contributed by atoms with Gasteiger partial charge in [0.15, 0.2) is 0 Å². The van der Waals surface area contributed by atoms with Crippen LogP contribution in [0.1, 0.15) is 16.1 Å². The zero-order chi connectivity index (χ0) is 13.0. The average Bonchev–Trinajstić information content (AvgIpc) is 2.39. The molecule has 0 saturated carbocycles. The van der Waals surface area contributed by atoms with E-state index in [1.807, 2.05) is 13.0 Å². The molecule has 2 aromatic rings. The fourth-order valence-corrected chi connectivity index (χ4v) is 1.50. The van der Waals surface area contributed by atoms with Crippen LogP contribution in [0.3, 0.4) is 0 Å². The molecule has 5 heteroatoms. The molecular weight excluding hydrogens is 228 g/mol. The molecule has 2 N–H and O–H groups in total. The van der Waals surface area contributed by atoms with Gasteiger partial charge < -0.3 is 10.6 Å². The first kappa shape index (κ1) is 12.0. The van der Waals surface area contributed by atoms with E-state index >= 15 is 0 Å². The minimum atomic E-state index is -0.273. The van der Waals surface area contributed by atoms with Crippen LogP contribution in [0.4, 0.5) is 11.5 Å². The van der Waals surface area contributed by atoms with Gasteiger partial charge in [0.25, 0.3) is 5.91 Å². The van der Waals surface area contributed by atoms with Crippen LogP contribution in [0, 0.1) is 6.92 Å². The van der Waals surface area contributed by atoms with Crippen LogP contribution in [0.2, 0.25) is 0 Å². The van der Waals surface area contributed by atoms with Gasteiger partial charge >= 0.3 is 0 Å². The van der Waals surface area contributed by atoms with Crippen LogP contribution in [0.15, 0.2) is 36.7 Å². The molecule has 5 nitrogen and oxygen atoms in total. The van der Waals surface area contributed by atoms with Crippen molar-refractivity contribution in [2.45, 2.75) is 6.92 Å². The quantitative estimate of drug-likeness (QED) is 0.864. The SMILES string of the molecule is CNc1ccnc(C(=O)Nc2cc(C)ccn2)c1. The summed E-state index contributed by atoms with van der Waals surface area (Å²) in [6.07, 6.45) is 3.24. The molecule has 0 aliphatic heterocycles. The first-order valence-corrected chi connectivity index (χ1v) is 5.57. The Morgan fingerprint density at radius 1 is 1.17 bits per heavy atom. The fourth-order valence-electron chi connectivity index (χ4n) is 1.50. The Morgan fingerprint density at radius 3 is 2.67 bits per heavy atom.